The van der Waals surface area contributed by atoms with Crippen LogP contribution in [0.4, 0.5) is 23.3 Å². The summed E-state index contributed by atoms with van der Waals surface area (Å²) in [4.78, 5) is 56.5. The smallest absolute Gasteiger partial charge is 0.268 e. The number of aliphatic hydroxyl groups excluding tert-OH is 1. The maximum atomic E-state index is 13.5. The number of nitrogens with two attached hydrogens (primary N) is 2. The zero-order valence-electron chi connectivity index (χ0n) is 47.6. The third-order valence-corrected chi connectivity index (χ3v) is 16.7. The summed E-state index contributed by atoms with van der Waals surface area (Å²) in [5.41, 5.74) is 14.8. The number of anilines is 4. The molecule has 22 nitrogen and oxygen atoms in total. The highest BCUT2D eigenvalue weighted by Gasteiger charge is 2.41. The van der Waals surface area contributed by atoms with Crippen LogP contribution in [0.1, 0.15) is 94.5 Å². The molecule has 0 radical (unpaired) electrons. The SMILES string of the molecule is C[C@@H]1CN(c2nc(-c3ccc(O[C@@H](C)CO)nc3)ccc2C(=O)NS(=O)(=O)c2cccnc2N)C(C)(C)C1.C[C@@H]1CN(c2nc(-c3ccc(O[C@@H](C)COCc4ccccc4)nc3)ccc2C(=O)NS(=O)(=O)c2cccnc2N)C(C)(C)C1. The molecular formula is C59H70N12O10S2. The van der Waals surface area contributed by atoms with E-state index in [2.05, 4.69) is 75.8 Å². The first-order valence-corrected chi connectivity index (χ1v) is 29.9. The van der Waals surface area contributed by atoms with Gasteiger partial charge in [0.15, 0.2) is 0 Å². The van der Waals surface area contributed by atoms with E-state index in [0.29, 0.717) is 84.0 Å². The highest BCUT2D eigenvalue weighted by Crippen LogP contribution is 2.40. The molecule has 1 aromatic carbocycles. The van der Waals surface area contributed by atoms with Gasteiger partial charge in [-0.2, -0.15) is 0 Å². The predicted octanol–water partition coefficient (Wildman–Crippen LogP) is 7.47. The number of nitrogen functional groups attached to an aromatic ring is 2. The van der Waals surface area contributed by atoms with Crippen molar-refractivity contribution in [3.8, 4) is 34.3 Å². The van der Waals surface area contributed by atoms with E-state index in [9.17, 15) is 31.5 Å². The second kappa shape index (κ2) is 25.4. The van der Waals surface area contributed by atoms with Gasteiger partial charge < -0.3 is 40.6 Å². The molecule has 7 aromatic rings. The van der Waals surface area contributed by atoms with Crippen LogP contribution in [0.25, 0.3) is 22.5 Å². The Morgan fingerprint density at radius 2 is 1.07 bits per heavy atom. The van der Waals surface area contributed by atoms with Gasteiger partial charge >= 0.3 is 0 Å². The molecule has 0 spiro atoms. The number of hydrogen-bond acceptors (Lipinski definition) is 20. The molecule has 438 valence electrons. The van der Waals surface area contributed by atoms with E-state index in [0.717, 1.165) is 18.4 Å². The number of carbonyl (C=O) groups excluding carboxylic acids is 2. The average molecular weight is 1170 g/mol. The van der Waals surface area contributed by atoms with Gasteiger partial charge in [-0.15, -0.1) is 0 Å². The maximum Gasteiger partial charge on any atom is 0.268 e. The van der Waals surface area contributed by atoms with Crippen LogP contribution in [-0.2, 0) is 31.4 Å². The fourth-order valence-corrected chi connectivity index (χ4v) is 12.3. The lowest BCUT2D eigenvalue weighted by Gasteiger charge is -2.34. The molecule has 0 unspecified atom stereocenters. The third-order valence-electron chi connectivity index (χ3n) is 14.0. The number of rotatable bonds is 19. The summed E-state index contributed by atoms with van der Waals surface area (Å²) in [6.07, 6.45) is 7.15. The molecule has 6 aromatic heterocycles. The molecule has 9 rings (SSSR count). The van der Waals surface area contributed by atoms with E-state index in [1.165, 1.54) is 36.7 Å². The van der Waals surface area contributed by atoms with Crippen LogP contribution >= 0.6 is 0 Å². The van der Waals surface area contributed by atoms with Crippen molar-refractivity contribution in [2.24, 2.45) is 11.8 Å². The third kappa shape index (κ3) is 14.8. The molecule has 24 heteroatoms. The molecule has 8 heterocycles. The minimum Gasteiger partial charge on any atom is -0.472 e. The van der Waals surface area contributed by atoms with Crippen molar-refractivity contribution in [2.45, 2.75) is 108 Å². The number of sulfonamides is 2. The first-order valence-electron chi connectivity index (χ1n) is 27.0. The largest absolute Gasteiger partial charge is 0.472 e. The van der Waals surface area contributed by atoms with Crippen LogP contribution in [-0.4, -0.2) is 113 Å². The van der Waals surface area contributed by atoms with Gasteiger partial charge in [-0.25, -0.2) is 56.2 Å². The van der Waals surface area contributed by atoms with Crippen molar-refractivity contribution < 1.29 is 45.7 Å². The van der Waals surface area contributed by atoms with E-state index >= 15 is 0 Å². The zero-order chi connectivity index (χ0) is 59.9. The van der Waals surface area contributed by atoms with E-state index in [1.54, 1.807) is 61.8 Å². The number of nitrogens with one attached hydrogen (secondary N) is 2. The lowest BCUT2D eigenvalue weighted by molar-refractivity contribution is 0.0473. The first kappa shape index (κ1) is 60.8. The fourth-order valence-electron chi connectivity index (χ4n) is 10.2. The quantitative estimate of drug-likeness (QED) is 0.0524. The number of hydrogen-bond donors (Lipinski definition) is 5. The highest BCUT2D eigenvalue weighted by atomic mass is 32.2. The number of amides is 2. The summed E-state index contributed by atoms with van der Waals surface area (Å²) in [6, 6.07) is 28.9. The monoisotopic (exact) mass is 1170 g/mol. The highest BCUT2D eigenvalue weighted by molar-refractivity contribution is 7.90. The van der Waals surface area contributed by atoms with Crippen LogP contribution in [0.5, 0.6) is 11.8 Å². The number of nitrogens with zero attached hydrogens (tertiary/aromatic N) is 8. The molecule has 2 aliphatic heterocycles. The van der Waals surface area contributed by atoms with Gasteiger partial charge in [0.2, 0.25) is 11.8 Å². The number of carbonyl (C=O) groups is 2. The lowest BCUT2D eigenvalue weighted by Crippen LogP contribution is -2.41. The van der Waals surface area contributed by atoms with Gasteiger partial charge in [-0.3, -0.25) is 9.59 Å². The molecule has 2 aliphatic rings. The van der Waals surface area contributed by atoms with Crippen molar-refractivity contribution in [3.05, 3.63) is 145 Å². The van der Waals surface area contributed by atoms with Gasteiger partial charge in [-0.05, 0) is 132 Å². The maximum absolute atomic E-state index is 13.5. The molecule has 0 saturated carbocycles. The van der Waals surface area contributed by atoms with Crippen LogP contribution in [0.15, 0.2) is 138 Å². The molecule has 7 N–H and O–H groups in total. The summed E-state index contributed by atoms with van der Waals surface area (Å²) >= 11 is 0. The summed E-state index contributed by atoms with van der Waals surface area (Å²) in [7, 11) is -8.55. The van der Waals surface area contributed by atoms with Crippen molar-refractivity contribution >= 4 is 55.1 Å². The summed E-state index contributed by atoms with van der Waals surface area (Å²) < 4.78 is 73.5. The Kier molecular flexibility index (Phi) is 18.6. The molecule has 0 aliphatic carbocycles. The summed E-state index contributed by atoms with van der Waals surface area (Å²) in [5.74, 6) is 0.219. The van der Waals surface area contributed by atoms with Gasteiger partial charge in [0.05, 0.1) is 42.3 Å². The molecule has 2 amide bonds. The Balaban J connectivity index is 0.000000220. The Bertz CT molecular complexity index is 3650. The second-order valence-corrected chi connectivity index (χ2v) is 25.4. The van der Waals surface area contributed by atoms with E-state index in [1.807, 2.05) is 48.2 Å². The Morgan fingerprint density at radius 3 is 1.46 bits per heavy atom. The van der Waals surface area contributed by atoms with E-state index < -0.39 is 38.0 Å². The Hall–Kier alpha value is -8.32. The summed E-state index contributed by atoms with van der Waals surface area (Å²) in [6.45, 7) is 18.3. The van der Waals surface area contributed by atoms with Crippen LogP contribution in [0.3, 0.4) is 0 Å². The number of aliphatic hydroxyl groups is 1. The second-order valence-electron chi connectivity index (χ2n) is 22.1. The first-order chi connectivity index (χ1) is 39.3. The van der Waals surface area contributed by atoms with Gasteiger partial charge in [0.25, 0.3) is 31.9 Å². The van der Waals surface area contributed by atoms with E-state index in [-0.39, 0.29) is 56.3 Å². The van der Waals surface area contributed by atoms with Gasteiger partial charge in [-0.1, -0.05) is 44.2 Å². The number of pyridine rings is 6. The Labute approximate surface area is 484 Å². The standard InChI is InChI=1S/C33H38N6O5S.C26H32N6O5S/c1-22-17-33(3,4)39(19-22)31-26(32(40)38-45(41,42)28-11-8-16-35-30(28)34)13-14-27(37-31)25-12-15-29(36-18-25)44-23(2)20-43-21-24-9-6-5-7-10-24;1-16-12-26(3,4)32(14-16)24-19(25(34)31-38(35,36)21-6-5-11-28-23(21)27)8-9-20(30-24)18-7-10-22(29-13-18)37-17(2)15-33/h5-16,18,22-23H,17,19-21H2,1-4H3,(H2,34,35)(H,38,40);5-11,13,16-17,33H,12,14-15H2,1-4H3,(H2,27,28)(H,31,34)/t22-,23-;16-,17-/m00/s1. The van der Waals surface area contributed by atoms with Crippen molar-refractivity contribution in [1.82, 2.24) is 39.3 Å². The van der Waals surface area contributed by atoms with Gasteiger partial charge in [0, 0.05) is 72.2 Å². The minimum absolute atomic E-state index is 0.117. The molecule has 4 atom stereocenters. The van der Waals surface area contributed by atoms with E-state index in [4.69, 9.17) is 35.6 Å². The van der Waals surface area contributed by atoms with Crippen LogP contribution in [0.2, 0.25) is 0 Å². The zero-order valence-corrected chi connectivity index (χ0v) is 49.2. The summed E-state index contributed by atoms with van der Waals surface area (Å²) in [5, 5.41) is 9.20. The van der Waals surface area contributed by atoms with Crippen molar-refractivity contribution in [3.63, 3.8) is 0 Å². The molecule has 83 heavy (non-hydrogen) atoms. The number of aromatic nitrogens is 6. The predicted molar refractivity (Wildman–Crippen MR) is 315 cm³/mol. The molecule has 2 fully saturated rings. The van der Waals surface area contributed by atoms with Crippen molar-refractivity contribution in [1.29, 1.82) is 0 Å². The average Bonchev–Trinajstić information content (AvgIpc) is 4.11. The lowest BCUT2D eigenvalue weighted by atomic mass is 9.97. The van der Waals surface area contributed by atoms with Crippen LogP contribution < -0.4 is 40.2 Å². The van der Waals surface area contributed by atoms with Gasteiger partial charge in [0.1, 0.15) is 45.3 Å². The molecule has 2 saturated heterocycles. The number of benzene rings is 1. The molecular weight excluding hydrogens is 1100 g/mol. The topological polar surface area (TPSA) is 310 Å². The molecule has 0 bridgehead atoms. The fraction of sp³-hybridized carbons (Fsp3) is 0.356. The number of ether oxygens (including phenoxy) is 3. The normalized spacial score (nSPS) is 17.2. The Morgan fingerprint density at radius 1 is 0.627 bits per heavy atom. The van der Waals surface area contributed by atoms with Crippen molar-refractivity contribution in [2.75, 3.05) is 47.6 Å². The minimum atomic E-state index is -4.28. The van der Waals surface area contributed by atoms with Crippen LogP contribution in [0, 0.1) is 11.8 Å².